The van der Waals surface area contributed by atoms with Crippen molar-refractivity contribution in [2.45, 2.75) is 24.2 Å². The molecule has 1 amide bonds. The van der Waals surface area contributed by atoms with Crippen molar-refractivity contribution in [3.05, 3.63) is 66.2 Å². The fourth-order valence-corrected chi connectivity index (χ4v) is 4.04. The molecular formula is C20H22N6OS. The summed E-state index contributed by atoms with van der Waals surface area (Å²) in [5.41, 5.74) is 2.18. The number of carbonyl (C=O) groups excluding carboxylic acids is 1. The van der Waals surface area contributed by atoms with Crippen LogP contribution in [-0.2, 0) is 11.3 Å². The minimum absolute atomic E-state index is 0.0131. The standard InChI is InChI=1S/C20H22N6OS/c27-19(15-28-20-22-23-24-26(20)18-9-5-2-6-10-18)21-17-11-12-25(14-17)13-16-7-3-1-4-8-16/h1-10,17H,11-15H2,(H,21,27)/t17-/m1/s1. The number of likely N-dealkylation sites (tertiary alicyclic amines) is 1. The lowest BCUT2D eigenvalue weighted by Crippen LogP contribution is -2.38. The molecule has 3 aromatic rings. The fraction of sp³-hybridized carbons (Fsp3) is 0.300. The van der Waals surface area contributed by atoms with Gasteiger partial charge in [-0.05, 0) is 34.5 Å². The third-order valence-corrected chi connectivity index (χ3v) is 5.58. The molecule has 0 saturated carbocycles. The molecule has 7 nitrogen and oxygen atoms in total. The Balaban J connectivity index is 1.25. The first-order valence-electron chi connectivity index (χ1n) is 9.30. The highest BCUT2D eigenvalue weighted by Crippen LogP contribution is 2.18. The molecule has 4 rings (SSSR count). The zero-order chi connectivity index (χ0) is 19.2. The predicted molar refractivity (Wildman–Crippen MR) is 108 cm³/mol. The van der Waals surface area contributed by atoms with E-state index < -0.39 is 0 Å². The molecule has 0 radical (unpaired) electrons. The van der Waals surface area contributed by atoms with Gasteiger partial charge in [-0.25, -0.2) is 0 Å². The van der Waals surface area contributed by atoms with Crippen LogP contribution in [0, 0.1) is 0 Å². The number of para-hydroxylation sites is 1. The Bertz CT molecular complexity index is 901. The number of thioether (sulfide) groups is 1. The minimum Gasteiger partial charge on any atom is -0.351 e. The maximum absolute atomic E-state index is 12.4. The van der Waals surface area contributed by atoms with E-state index in [0.29, 0.717) is 10.9 Å². The summed E-state index contributed by atoms with van der Waals surface area (Å²) in [7, 11) is 0. The molecule has 2 heterocycles. The van der Waals surface area contributed by atoms with Crippen LogP contribution in [0.1, 0.15) is 12.0 Å². The number of tetrazole rings is 1. The van der Waals surface area contributed by atoms with Crippen molar-refractivity contribution in [3.8, 4) is 5.69 Å². The quantitative estimate of drug-likeness (QED) is 0.619. The second kappa shape index (κ2) is 8.99. The number of hydrogen-bond acceptors (Lipinski definition) is 6. The number of hydrogen-bond donors (Lipinski definition) is 1. The maximum Gasteiger partial charge on any atom is 0.230 e. The summed E-state index contributed by atoms with van der Waals surface area (Å²) in [6.07, 6.45) is 0.977. The van der Waals surface area contributed by atoms with Gasteiger partial charge in [-0.1, -0.05) is 60.3 Å². The van der Waals surface area contributed by atoms with E-state index in [1.54, 1.807) is 4.68 Å². The molecule has 1 atom stereocenters. The molecular weight excluding hydrogens is 372 g/mol. The summed E-state index contributed by atoms with van der Waals surface area (Å²) in [6, 6.07) is 20.3. The first kappa shape index (κ1) is 18.6. The summed E-state index contributed by atoms with van der Waals surface area (Å²) in [6.45, 7) is 2.81. The topological polar surface area (TPSA) is 75.9 Å². The number of nitrogens with one attached hydrogen (secondary N) is 1. The smallest absolute Gasteiger partial charge is 0.230 e. The van der Waals surface area contributed by atoms with Crippen LogP contribution in [0.5, 0.6) is 0 Å². The van der Waals surface area contributed by atoms with Gasteiger partial charge in [0, 0.05) is 25.7 Å². The van der Waals surface area contributed by atoms with E-state index in [-0.39, 0.29) is 11.9 Å². The molecule has 0 aliphatic carbocycles. The van der Waals surface area contributed by atoms with Crippen molar-refractivity contribution in [1.82, 2.24) is 30.4 Å². The monoisotopic (exact) mass is 394 g/mol. The first-order valence-corrected chi connectivity index (χ1v) is 10.3. The highest BCUT2D eigenvalue weighted by molar-refractivity contribution is 7.99. The number of rotatable bonds is 7. The van der Waals surface area contributed by atoms with E-state index in [1.807, 2.05) is 36.4 Å². The summed E-state index contributed by atoms with van der Waals surface area (Å²) in [5, 5.41) is 15.5. The van der Waals surface area contributed by atoms with Gasteiger partial charge in [-0.2, -0.15) is 4.68 Å². The lowest BCUT2D eigenvalue weighted by molar-refractivity contribution is -0.119. The highest BCUT2D eigenvalue weighted by atomic mass is 32.2. The molecule has 1 N–H and O–H groups in total. The van der Waals surface area contributed by atoms with E-state index in [0.717, 1.165) is 31.7 Å². The SMILES string of the molecule is O=C(CSc1nnnn1-c1ccccc1)N[C@@H]1CCN(Cc2ccccc2)C1. The lowest BCUT2D eigenvalue weighted by atomic mass is 10.2. The number of aromatic nitrogens is 4. The van der Waals surface area contributed by atoms with Gasteiger partial charge in [0.05, 0.1) is 11.4 Å². The zero-order valence-corrected chi connectivity index (χ0v) is 16.3. The molecule has 144 valence electrons. The van der Waals surface area contributed by atoms with Crippen LogP contribution in [0.25, 0.3) is 5.69 Å². The van der Waals surface area contributed by atoms with Gasteiger partial charge in [0.15, 0.2) is 0 Å². The van der Waals surface area contributed by atoms with Crippen molar-refractivity contribution in [2.75, 3.05) is 18.8 Å². The third kappa shape index (κ3) is 4.76. The van der Waals surface area contributed by atoms with Crippen molar-refractivity contribution in [1.29, 1.82) is 0 Å². The van der Waals surface area contributed by atoms with Crippen LogP contribution in [0.2, 0.25) is 0 Å². The normalized spacial score (nSPS) is 16.9. The molecule has 2 aromatic carbocycles. The second-order valence-corrected chi connectivity index (χ2v) is 7.71. The van der Waals surface area contributed by atoms with Gasteiger partial charge >= 0.3 is 0 Å². The number of amides is 1. The van der Waals surface area contributed by atoms with Gasteiger partial charge < -0.3 is 5.32 Å². The Morgan fingerprint density at radius 1 is 1.11 bits per heavy atom. The van der Waals surface area contributed by atoms with E-state index in [9.17, 15) is 4.79 Å². The fourth-order valence-electron chi connectivity index (χ4n) is 3.34. The first-order chi connectivity index (χ1) is 13.8. The van der Waals surface area contributed by atoms with Crippen LogP contribution in [0.15, 0.2) is 65.8 Å². The Hall–Kier alpha value is -2.71. The molecule has 0 unspecified atom stereocenters. The van der Waals surface area contributed by atoms with Crippen LogP contribution >= 0.6 is 11.8 Å². The van der Waals surface area contributed by atoms with E-state index >= 15 is 0 Å². The number of carbonyl (C=O) groups is 1. The van der Waals surface area contributed by atoms with Gasteiger partial charge in [-0.15, -0.1) is 5.10 Å². The average Bonchev–Trinajstić information content (AvgIpc) is 3.37. The number of benzene rings is 2. The third-order valence-electron chi connectivity index (χ3n) is 4.66. The Labute approximate surface area is 168 Å². The molecule has 1 aliphatic rings. The summed E-state index contributed by atoms with van der Waals surface area (Å²) >= 11 is 1.34. The lowest BCUT2D eigenvalue weighted by Gasteiger charge is -2.16. The molecule has 1 aromatic heterocycles. The van der Waals surface area contributed by atoms with Gasteiger partial charge in [0.1, 0.15) is 0 Å². The van der Waals surface area contributed by atoms with Gasteiger partial charge in [0.2, 0.25) is 11.1 Å². The Morgan fingerprint density at radius 2 is 1.86 bits per heavy atom. The molecule has 0 bridgehead atoms. The molecule has 28 heavy (non-hydrogen) atoms. The van der Waals surface area contributed by atoms with Crippen molar-refractivity contribution in [3.63, 3.8) is 0 Å². The predicted octanol–water partition coefficient (Wildman–Crippen LogP) is 2.15. The largest absolute Gasteiger partial charge is 0.351 e. The highest BCUT2D eigenvalue weighted by Gasteiger charge is 2.24. The summed E-state index contributed by atoms with van der Waals surface area (Å²) in [4.78, 5) is 14.8. The number of nitrogens with zero attached hydrogens (tertiary/aromatic N) is 5. The van der Waals surface area contributed by atoms with Gasteiger partial charge in [-0.3, -0.25) is 9.69 Å². The van der Waals surface area contributed by atoms with Crippen LogP contribution in [-0.4, -0.2) is 55.9 Å². The van der Waals surface area contributed by atoms with Crippen molar-refractivity contribution in [2.24, 2.45) is 0 Å². The van der Waals surface area contributed by atoms with Crippen LogP contribution in [0.3, 0.4) is 0 Å². The minimum atomic E-state index is 0.0131. The van der Waals surface area contributed by atoms with Crippen molar-refractivity contribution < 1.29 is 4.79 Å². The van der Waals surface area contributed by atoms with Gasteiger partial charge in [0.25, 0.3) is 0 Å². The summed E-state index contributed by atoms with van der Waals surface area (Å²) < 4.78 is 1.65. The second-order valence-electron chi connectivity index (χ2n) is 6.77. The summed E-state index contributed by atoms with van der Waals surface area (Å²) in [5.74, 6) is 0.307. The maximum atomic E-state index is 12.4. The van der Waals surface area contributed by atoms with Crippen LogP contribution in [0.4, 0.5) is 0 Å². The van der Waals surface area contributed by atoms with E-state index in [1.165, 1.54) is 17.3 Å². The Morgan fingerprint density at radius 3 is 2.64 bits per heavy atom. The van der Waals surface area contributed by atoms with Crippen molar-refractivity contribution >= 4 is 17.7 Å². The van der Waals surface area contributed by atoms with E-state index in [2.05, 4.69) is 50.0 Å². The molecule has 8 heteroatoms. The molecule has 1 saturated heterocycles. The van der Waals surface area contributed by atoms with Crippen LogP contribution < -0.4 is 5.32 Å². The average molecular weight is 395 g/mol. The molecule has 1 fully saturated rings. The Kier molecular flexibility index (Phi) is 5.98. The molecule has 0 spiro atoms. The van der Waals surface area contributed by atoms with E-state index in [4.69, 9.17) is 0 Å². The zero-order valence-electron chi connectivity index (χ0n) is 15.4. The molecule has 1 aliphatic heterocycles.